The number of nitrogens with zero attached hydrogens (tertiary/aromatic N) is 2. The summed E-state index contributed by atoms with van der Waals surface area (Å²) in [6.45, 7) is 3.70. The number of rotatable bonds is 0. The Hall–Kier alpha value is -0.770. The quantitative estimate of drug-likeness (QED) is 0.633. The summed E-state index contributed by atoms with van der Waals surface area (Å²) in [6.07, 6.45) is 5.92. The standard InChI is InChI=1S/C10H19N3O/c14-10(12-7-3-1-4-8-12)13-9-5-2-6-11-13/h11H,1-9H2. The number of hydrogen-bond acceptors (Lipinski definition) is 2. The Morgan fingerprint density at radius 3 is 2.29 bits per heavy atom. The van der Waals surface area contributed by atoms with Crippen molar-refractivity contribution in [1.29, 1.82) is 0 Å². The molecule has 2 aliphatic heterocycles. The highest BCUT2D eigenvalue weighted by atomic mass is 16.2. The van der Waals surface area contributed by atoms with Gasteiger partial charge >= 0.3 is 6.03 Å². The van der Waals surface area contributed by atoms with E-state index < -0.39 is 0 Å². The number of nitrogens with one attached hydrogen (secondary N) is 1. The van der Waals surface area contributed by atoms with Gasteiger partial charge in [0.05, 0.1) is 0 Å². The summed E-state index contributed by atoms with van der Waals surface area (Å²) in [4.78, 5) is 13.9. The van der Waals surface area contributed by atoms with Crippen molar-refractivity contribution in [3.8, 4) is 0 Å². The van der Waals surface area contributed by atoms with Crippen molar-refractivity contribution in [2.75, 3.05) is 26.2 Å². The van der Waals surface area contributed by atoms with E-state index in [9.17, 15) is 4.79 Å². The topological polar surface area (TPSA) is 35.6 Å². The number of urea groups is 1. The molecule has 0 bridgehead atoms. The molecule has 0 saturated carbocycles. The van der Waals surface area contributed by atoms with Crippen LogP contribution in [0.2, 0.25) is 0 Å². The fourth-order valence-corrected chi connectivity index (χ4v) is 2.11. The van der Waals surface area contributed by atoms with Crippen molar-refractivity contribution in [2.24, 2.45) is 0 Å². The fraction of sp³-hybridized carbons (Fsp3) is 0.900. The predicted octanol–water partition coefficient (Wildman–Crippen LogP) is 1.19. The predicted molar refractivity (Wildman–Crippen MR) is 54.8 cm³/mol. The van der Waals surface area contributed by atoms with Gasteiger partial charge in [-0.25, -0.2) is 10.2 Å². The number of carbonyl (C=O) groups is 1. The molecule has 0 aliphatic carbocycles. The third kappa shape index (κ3) is 2.18. The second-order valence-electron chi connectivity index (χ2n) is 4.10. The lowest BCUT2D eigenvalue weighted by atomic mass is 10.1. The van der Waals surface area contributed by atoms with Crippen LogP contribution in [0.4, 0.5) is 4.79 Å². The van der Waals surface area contributed by atoms with Crippen molar-refractivity contribution in [2.45, 2.75) is 32.1 Å². The zero-order valence-corrected chi connectivity index (χ0v) is 8.67. The molecule has 4 nitrogen and oxygen atoms in total. The van der Waals surface area contributed by atoms with E-state index in [1.54, 1.807) is 5.01 Å². The molecule has 4 heteroatoms. The summed E-state index contributed by atoms with van der Waals surface area (Å²) < 4.78 is 0. The van der Waals surface area contributed by atoms with E-state index in [-0.39, 0.29) is 6.03 Å². The largest absolute Gasteiger partial charge is 0.334 e. The number of piperidine rings is 1. The minimum Gasteiger partial charge on any atom is -0.324 e. The van der Waals surface area contributed by atoms with Crippen molar-refractivity contribution in [3.05, 3.63) is 0 Å². The number of amides is 2. The van der Waals surface area contributed by atoms with Crippen LogP contribution in [0.15, 0.2) is 0 Å². The molecule has 0 atom stereocenters. The summed E-state index contributed by atoms with van der Waals surface area (Å²) in [5, 5.41) is 1.79. The zero-order valence-electron chi connectivity index (χ0n) is 8.67. The van der Waals surface area contributed by atoms with Gasteiger partial charge in [-0.05, 0) is 32.1 Å². The smallest absolute Gasteiger partial charge is 0.324 e. The summed E-state index contributed by atoms with van der Waals surface area (Å²) in [6, 6.07) is 0.185. The van der Waals surface area contributed by atoms with Crippen LogP contribution in [0.25, 0.3) is 0 Å². The molecule has 14 heavy (non-hydrogen) atoms. The fourth-order valence-electron chi connectivity index (χ4n) is 2.11. The number of carbonyl (C=O) groups excluding carboxylic acids is 1. The summed E-state index contributed by atoms with van der Waals surface area (Å²) in [7, 11) is 0. The van der Waals surface area contributed by atoms with E-state index in [2.05, 4.69) is 5.43 Å². The van der Waals surface area contributed by atoms with E-state index in [1.165, 1.54) is 25.7 Å². The SMILES string of the molecule is O=C(N1CCCCC1)N1CCCCN1. The van der Waals surface area contributed by atoms with E-state index in [1.807, 2.05) is 4.90 Å². The van der Waals surface area contributed by atoms with Gasteiger partial charge in [-0.2, -0.15) is 0 Å². The minimum atomic E-state index is 0.185. The molecule has 0 aromatic carbocycles. The normalized spacial score (nSPS) is 23.7. The first-order valence-corrected chi connectivity index (χ1v) is 5.68. The first-order chi connectivity index (χ1) is 6.88. The highest BCUT2D eigenvalue weighted by molar-refractivity contribution is 5.74. The van der Waals surface area contributed by atoms with Crippen molar-refractivity contribution < 1.29 is 4.79 Å². The summed E-state index contributed by atoms with van der Waals surface area (Å²) in [5.74, 6) is 0. The minimum absolute atomic E-state index is 0.185. The van der Waals surface area contributed by atoms with E-state index in [0.717, 1.165) is 32.6 Å². The Morgan fingerprint density at radius 2 is 1.64 bits per heavy atom. The Morgan fingerprint density at radius 1 is 0.929 bits per heavy atom. The van der Waals surface area contributed by atoms with Crippen molar-refractivity contribution >= 4 is 6.03 Å². The maximum Gasteiger partial charge on any atom is 0.334 e. The lowest BCUT2D eigenvalue weighted by Gasteiger charge is -2.35. The maximum atomic E-state index is 11.9. The molecule has 0 unspecified atom stereocenters. The molecular formula is C10H19N3O. The monoisotopic (exact) mass is 197 g/mol. The lowest BCUT2D eigenvalue weighted by Crippen LogP contribution is -2.53. The molecule has 2 saturated heterocycles. The second kappa shape index (κ2) is 4.64. The molecule has 1 N–H and O–H groups in total. The van der Waals surface area contributed by atoms with Gasteiger partial charge in [-0.15, -0.1) is 0 Å². The molecule has 2 fully saturated rings. The molecule has 0 aromatic heterocycles. The van der Waals surface area contributed by atoms with Crippen LogP contribution >= 0.6 is 0 Å². The van der Waals surface area contributed by atoms with Gasteiger partial charge in [0.2, 0.25) is 0 Å². The van der Waals surface area contributed by atoms with Gasteiger partial charge in [-0.1, -0.05) is 0 Å². The Balaban J connectivity index is 1.85. The Kier molecular flexibility index (Phi) is 3.24. The van der Waals surface area contributed by atoms with Crippen LogP contribution in [-0.4, -0.2) is 42.1 Å². The summed E-state index contributed by atoms with van der Waals surface area (Å²) >= 11 is 0. The second-order valence-corrected chi connectivity index (χ2v) is 4.10. The third-order valence-electron chi connectivity index (χ3n) is 2.97. The molecule has 0 aromatic rings. The van der Waals surface area contributed by atoms with Crippen LogP contribution in [0, 0.1) is 0 Å². The molecule has 2 aliphatic rings. The molecular weight excluding hydrogens is 178 g/mol. The van der Waals surface area contributed by atoms with Crippen LogP contribution in [0.5, 0.6) is 0 Å². The van der Waals surface area contributed by atoms with Crippen LogP contribution in [0.1, 0.15) is 32.1 Å². The highest BCUT2D eigenvalue weighted by Crippen LogP contribution is 2.11. The van der Waals surface area contributed by atoms with Gasteiger partial charge in [0, 0.05) is 26.2 Å². The van der Waals surface area contributed by atoms with Gasteiger partial charge < -0.3 is 4.90 Å². The molecule has 0 spiro atoms. The first-order valence-electron chi connectivity index (χ1n) is 5.68. The Bertz CT molecular complexity index is 176. The van der Waals surface area contributed by atoms with E-state index >= 15 is 0 Å². The average Bonchev–Trinajstić information content (AvgIpc) is 2.30. The van der Waals surface area contributed by atoms with Gasteiger partial charge in [-0.3, -0.25) is 5.01 Å². The van der Waals surface area contributed by atoms with Crippen LogP contribution < -0.4 is 5.43 Å². The van der Waals surface area contributed by atoms with Crippen LogP contribution in [-0.2, 0) is 0 Å². The number of hydrazine groups is 1. The summed E-state index contributed by atoms with van der Waals surface area (Å²) in [5.41, 5.74) is 3.16. The molecule has 2 rings (SSSR count). The van der Waals surface area contributed by atoms with Crippen LogP contribution in [0.3, 0.4) is 0 Å². The third-order valence-corrected chi connectivity index (χ3v) is 2.97. The first kappa shape index (κ1) is 9.77. The number of likely N-dealkylation sites (tertiary alicyclic amines) is 1. The van der Waals surface area contributed by atoms with Gasteiger partial charge in [0.15, 0.2) is 0 Å². The molecule has 2 heterocycles. The molecule has 80 valence electrons. The average molecular weight is 197 g/mol. The lowest BCUT2D eigenvalue weighted by molar-refractivity contribution is 0.109. The Labute approximate surface area is 85.2 Å². The molecule has 0 radical (unpaired) electrons. The van der Waals surface area contributed by atoms with E-state index in [0.29, 0.717) is 0 Å². The zero-order chi connectivity index (χ0) is 9.80. The highest BCUT2D eigenvalue weighted by Gasteiger charge is 2.23. The van der Waals surface area contributed by atoms with Crippen molar-refractivity contribution in [1.82, 2.24) is 15.3 Å². The van der Waals surface area contributed by atoms with Crippen molar-refractivity contribution in [3.63, 3.8) is 0 Å². The number of hydrogen-bond donors (Lipinski definition) is 1. The van der Waals surface area contributed by atoms with Gasteiger partial charge in [0.1, 0.15) is 0 Å². The van der Waals surface area contributed by atoms with E-state index in [4.69, 9.17) is 0 Å². The van der Waals surface area contributed by atoms with Gasteiger partial charge in [0.25, 0.3) is 0 Å². The molecule has 2 amide bonds. The maximum absolute atomic E-state index is 11.9.